The molecule has 0 aliphatic heterocycles. The summed E-state index contributed by atoms with van der Waals surface area (Å²) < 4.78 is 46.1. The van der Waals surface area contributed by atoms with Crippen molar-refractivity contribution in [2.24, 2.45) is 0 Å². The minimum atomic E-state index is -4.75. The van der Waals surface area contributed by atoms with Gasteiger partial charge in [-0.05, 0) is 38.5 Å². The maximum atomic E-state index is 12.3. The molecule has 21 heavy (non-hydrogen) atoms. The fourth-order valence-electron chi connectivity index (χ4n) is 1.40. The van der Waals surface area contributed by atoms with Crippen molar-refractivity contribution in [1.82, 2.24) is 5.32 Å². The molecule has 0 atom stereocenters. The fraction of sp³-hybridized carbons (Fsp3) is 0.467. The van der Waals surface area contributed by atoms with Gasteiger partial charge in [-0.15, -0.1) is 13.2 Å². The summed E-state index contributed by atoms with van der Waals surface area (Å²) in [5, 5.41) is 3.22. The van der Waals surface area contributed by atoms with E-state index in [1.807, 2.05) is 20.8 Å². The first-order chi connectivity index (χ1) is 9.57. The SMILES string of the molecule is C=C(CNC(C)(C)C)COc1ccccc1OC(F)(F)F. The number of rotatable bonds is 6. The predicted molar refractivity (Wildman–Crippen MR) is 75.5 cm³/mol. The normalized spacial score (nSPS) is 12.1. The third-order valence-corrected chi connectivity index (χ3v) is 2.38. The Labute approximate surface area is 122 Å². The van der Waals surface area contributed by atoms with Crippen molar-refractivity contribution in [1.29, 1.82) is 0 Å². The second-order valence-electron chi connectivity index (χ2n) is 5.64. The molecule has 0 saturated carbocycles. The van der Waals surface area contributed by atoms with Gasteiger partial charge < -0.3 is 14.8 Å². The molecule has 0 aromatic heterocycles. The van der Waals surface area contributed by atoms with Gasteiger partial charge in [0.15, 0.2) is 11.5 Å². The average molecular weight is 303 g/mol. The van der Waals surface area contributed by atoms with Crippen molar-refractivity contribution < 1.29 is 22.6 Å². The Morgan fingerprint density at radius 1 is 1.14 bits per heavy atom. The van der Waals surface area contributed by atoms with Gasteiger partial charge in [-0.1, -0.05) is 18.7 Å². The minimum Gasteiger partial charge on any atom is -0.485 e. The molecular formula is C15H20F3NO2. The highest BCUT2D eigenvalue weighted by Gasteiger charge is 2.32. The van der Waals surface area contributed by atoms with Crippen LogP contribution in [0.2, 0.25) is 0 Å². The maximum absolute atomic E-state index is 12.3. The largest absolute Gasteiger partial charge is 0.573 e. The first kappa shape index (κ1) is 17.4. The number of nitrogens with one attached hydrogen (secondary N) is 1. The van der Waals surface area contributed by atoms with Crippen LogP contribution in [0, 0.1) is 0 Å². The molecule has 0 aliphatic rings. The van der Waals surface area contributed by atoms with Crippen LogP contribution < -0.4 is 14.8 Å². The van der Waals surface area contributed by atoms with Gasteiger partial charge in [0.2, 0.25) is 0 Å². The van der Waals surface area contributed by atoms with Gasteiger partial charge in [0.25, 0.3) is 0 Å². The van der Waals surface area contributed by atoms with E-state index in [9.17, 15) is 13.2 Å². The monoisotopic (exact) mass is 303 g/mol. The molecule has 0 radical (unpaired) electrons. The van der Waals surface area contributed by atoms with Crippen LogP contribution in [-0.4, -0.2) is 25.1 Å². The van der Waals surface area contributed by atoms with Gasteiger partial charge in [0.05, 0.1) is 0 Å². The molecule has 1 rings (SSSR count). The van der Waals surface area contributed by atoms with E-state index < -0.39 is 6.36 Å². The smallest absolute Gasteiger partial charge is 0.485 e. The Hall–Kier alpha value is -1.69. The zero-order valence-corrected chi connectivity index (χ0v) is 12.4. The van der Waals surface area contributed by atoms with E-state index >= 15 is 0 Å². The molecule has 0 heterocycles. The van der Waals surface area contributed by atoms with Crippen LogP contribution in [0.25, 0.3) is 0 Å². The van der Waals surface area contributed by atoms with Crippen LogP contribution in [0.5, 0.6) is 11.5 Å². The fourth-order valence-corrected chi connectivity index (χ4v) is 1.40. The number of halogens is 3. The molecule has 0 saturated heterocycles. The number of hydrogen-bond acceptors (Lipinski definition) is 3. The maximum Gasteiger partial charge on any atom is 0.573 e. The second-order valence-corrected chi connectivity index (χ2v) is 5.64. The van der Waals surface area contributed by atoms with E-state index in [0.29, 0.717) is 6.54 Å². The summed E-state index contributed by atoms with van der Waals surface area (Å²) in [7, 11) is 0. The molecule has 1 aromatic rings. The Morgan fingerprint density at radius 3 is 2.24 bits per heavy atom. The lowest BCUT2D eigenvalue weighted by molar-refractivity contribution is -0.275. The number of hydrogen-bond donors (Lipinski definition) is 1. The van der Waals surface area contributed by atoms with Crippen molar-refractivity contribution in [2.45, 2.75) is 32.7 Å². The summed E-state index contributed by atoms with van der Waals surface area (Å²) in [6.07, 6.45) is -4.75. The number of alkyl halides is 3. The lowest BCUT2D eigenvalue weighted by Gasteiger charge is -2.21. The van der Waals surface area contributed by atoms with Crippen molar-refractivity contribution in [3.8, 4) is 11.5 Å². The van der Waals surface area contributed by atoms with Crippen LogP contribution in [0.4, 0.5) is 13.2 Å². The second kappa shape index (κ2) is 6.85. The van der Waals surface area contributed by atoms with E-state index in [2.05, 4.69) is 16.6 Å². The van der Waals surface area contributed by atoms with E-state index in [1.165, 1.54) is 18.2 Å². The summed E-state index contributed by atoms with van der Waals surface area (Å²) in [6.45, 7) is 10.5. The molecule has 0 unspecified atom stereocenters. The first-order valence-electron chi connectivity index (χ1n) is 6.46. The summed E-state index contributed by atoms with van der Waals surface area (Å²) in [5.74, 6) is -0.326. The Bertz CT molecular complexity index is 479. The molecule has 3 nitrogen and oxygen atoms in total. The third-order valence-electron chi connectivity index (χ3n) is 2.38. The minimum absolute atomic E-state index is 0.0340. The Kier molecular flexibility index (Phi) is 5.66. The number of para-hydroxylation sites is 2. The number of benzene rings is 1. The van der Waals surface area contributed by atoms with Gasteiger partial charge in [-0.3, -0.25) is 0 Å². The van der Waals surface area contributed by atoms with Crippen LogP contribution >= 0.6 is 0 Å². The molecular weight excluding hydrogens is 283 g/mol. The van der Waals surface area contributed by atoms with Crippen molar-refractivity contribution in [2.75, 3.05) is 13.2 Å². The molecule has 1 aromatic carbocycles. The van der Waals surface area contributed by atoms with E-state index in [-0.39, 0.29) is 23.6 Å². The van der Waals surface area contributed by atoms with Crippen molar-refractivity contribution in [3.05, 3.63) is 36.4 Å². The number of ether oxygens (including phenoxy) is 2. The standard InChI is InChI=1S/C15H20F3NO2/c1-11(9-19-14(2,3)4)10-20-12-7-5-6-8-13(12)21-15(16,17)18/h5-8,19H,1,9-10H2,2-4H3. The average Bonchev–Trinajstić information content (AvgIpc) is 2.32. The zero-order chi connectivity index (χ0) is 16.1. The predicted octanol–water partition coefficient (Wildman–Crippen LogP) is 3.91. The molecule has 0 amide bonds. The Balaban J connectivity index is 2.57. The molecule has 6 heteroatoms. The molecule has 0 fully saturated rings. The first-order valence-corrected chi connectivity index (χ1v) is 6.46. The Morgan fingerprint density at radius 2 is 1.71 bits per heavy atom. The third kappa shape index (κ3) is 7.60. The molecule has 0 spiro atoms. The lowest BCUT2D eigenvalue weighted by Crippen LogP contribution is -2.37. The van der Waals surface area contributed by atoms with Gasteiger partial charge >= 0.3 is 6.36 Å². The molecule has 1 N–H and O–H groups in total. The lowest BCUT2D eigenvalue weighted by atomic mass is 10.1. The highest BCUT2D eigenvalue weighted by atomic mass is 19.4. The van der Waals surface area contributed by atoms with E-state index in [0.717, 1.165) is 5.57 Å². The van der Waals surface area contributed by atoms with Crippen molar-refractivity contribution >= 4 is 0 Å². The van der Waals surface area contributed by atoms with Crippen molar-refractivity contribution in [3.63, 3.8) is 0 Å². The van der Waals surface area contributed by atoms with E-state index in [4.69, 9.17) is 4.74 Å². The van der Waals surface area contributed by atoms with Gasteiger partial charge in [0, 0.05) is 12.1 Å². The molecule has 0 bridgehead atoms. The summed E-state index contributed by atoms with van der Waals surface area (Å²) >= 11 is 0. The van der Waals surface area contributed by atoms with Gasteiger partial charge in [-0.2, -0.15) is 0 Å². The zero-order valence-electron chi connectivity index (χ0n) is 12.4. The topological polar surface area (TPSA) is 30.5 Å². The van der Waals surface area contributed by atoms with Gasteiger partial charge in [-0.25, -0.2) is 0 Å². The van der Waals surface area contributed by atoms with Crippen LogP contribution in [0.3, 0.4) is 0 Å². The van der Waals surface area contributed by atoms with Crippen LogP contribution in [0.15, 0.2) is 36.4 Å². The van der Waals surface area contributed by atoms with Crippen LogP contribution in [-0.2, 0) is 0 Å². The quantitative estimate of drug-likeness (QED) is 0.808. The highest BCUT2D eigenvalue weighted by molar-refractivity contribution is 5.39. The summed E-state index contributed by atoms with van der Waals surface area (Å²) in [5.41, 5.74) is 0.659. The summed E-state index contributed by atoms with van der Waals surface area (Å²) in [4.78, 5) is 0. The molecule has 0 aliphatic carbocycles. The molecule has 118 valence electrons. The summed E-state index contributed by atoms with van der Waals surface area (Å²) in [6, 6.07) is 5.66. The van der Waals surface area contributed by atoms with Crippen LogP contribution in [0.1, 0.15) is 20.8 Å². The highest BCUT2D eigenvalue weighted by Crippen LogP contribution is 2.31. The van der Waals surface area contributed by atoms with E-state index in [1.54, 1.807) is 6.07 Å². The van der Waals surface area contributed by atoms with Gasteiger partial charge in [0.1, 0.15) is 6.61 Å².